The Morgan fingerprint density at radius 3 is 2.56 bits per heavy atom. The fourth-order valence-corrected chi connectivity index (χ4v) is 1.79. The van der Waals surface area contributed by atoms with E-state index in [4.69, 9.17) is 4.74 Å². The van der Waals surface area contributed by atoms with Crippen molar-refractivity contribution in [1.29, 1.82) is 0 Å². The van der Waals surface area contributed by atoms with E-state index >= 15 is 0 Å². The van der Waals surface area contributed by atoms with Gasteiger partial charge in [-0.25, -0.2) is 4.79 Å². The van der Waals surface area contributed by atoms with Crippen LogP contribution in [-0.2, 0) is 4.79 Å². The summed E-state index contributed by atoms with van der Waals surface area (Å²) in [5.74, 6) is 0.129. The quantitative estimate of drug-likeness (QED) is 0.485. The molecule has 2 rings (SSSR count). The number of carbonyl (C=O) groups excluding carboxylic acids is 1. The Bertz CT molecular complexity index is 562. The van der Waals surface area contributed by atoms with Gasteiger partial charge in [0.15, 0.2) is 0 Å². The number of ether oxygens (including phenoxy) is 1. The van der Waals surface area contributed by atoms with Crippen LogP contribution in [0.4, 0.5) is 0 Å². The molecule has 0 aliphatic heterocycles. The summed E-state index contributed by atoms with van der Waals surface area (Å²) in [6.45, 7) is 0. The van der Waals surface area contributed by atoms with Crippen LogP contribution in [0.3, 0.4) is 0 Å². The fourth-order valence-electron chi connectivity index (χ4n) is 1.41. The van der Waals surface area contributed by atoms with Crippen LogP contribution in [0.2, 0.25) is 0 Å². The van der Waals surface area contributed by atoms with Crippen LogP contribution in [0, 0.1) is 0 Å². The van der Waals surface area contributed by atoms with E-state index in [0.29, 0.717) is 5.75 Å². The van der Waals surface area contributed by atoms with Gasteiger partial charge in [0.25, 0.3) is 0 Å². The van der Waals surface area contributed by atoms with E-state index < -0.39 is 5.97 Å². The molecule has 0 fully saturated rings. The molecule has 0 saturated heterocycles. The fraction of sp³-hybridized carbons (Fsp3) is 0. The summed E-state index contributed by atoms with van der Waals surface area (Å²) in [6.07, 6.45) is 3.14. The van der Waals surface area contributed by atoms with Crippen molar-refractivity contribution in [2.75, 3.05) is 0 Å². The molecule has 0 aromatic heterocycles. The number of rotatable bonds is 3. The summed E-state index contributed by atoms with van der Waals surface area (Å²) in [4.78, 5) is 11.6. The highest BCUT2D eigenvalue weighted by atomic mass is 79.9. The normalized spacial score (nSPS) is 10.5. The molecule has 0 saturated carbocycles. The van der Waals surface area contributed by atoms with Gasteiger partial charge in [-0.05, 0) is 29.8 Å². The van der Waals surface area contributed by atoms with Crippen molar-refractivity contribution in [3.8, 4) is 5.75 Å². The molecule has 90 valence electrons. The lowest BCUT2D eigenvalue weighted by atomic mass is 10.2. The van der Waals surface area contributed by atoms with E-state index in [9.17, 15) is 4.79 Å². The molecule has 0 unspecified atom stereocenters. The molecule has 2 aromatic rings. The summed E-state index contributed by atoms with van der Waals surface area (Å²) in [6, 6.07) is 16.8. The Morgan fingerprint density at radius 1 is 1.06 bits per heavy atom. The number of esters is 1. The van der Waals surface area contributed by atoms with Crippen LogP contribution in [0.5, 0.6) is 5.75 Å². The predicted molar refractivity (Wildman–Crippen MR) is 75.3 cm³/mol. The molecule has 2 nitrogen and oxygen atoms in total. The second-order valence-electron chi connectivity index (χ2n) is 3.62. The van der Waals surface area contributed by atoms with Gasteiger partial charge in [0, 0.05) is 10.5 Å². The molecular formula is C15H11BrO2. The topological polar surface area (TPSA) is 26.3 Å². The molecule has 0 heterocycles. The van der Waals surface area contributed by atoms with E-state index in [1.807, 2.05) is 42.5 Å². The van der Waals surface area contributed by atoms with Crippen LogP contribution >= 0.6 is 15.9 Å². The Morgan fingerprint density at radius 2 is 1.83 bits per heavy atom. The lowest BCUT2D eigenvalue weighted by Crippen LogP contribution is -2.03. The van der Waals surface area contributed by atoms with Crippen LogP contribution in [0.25, 0.3) is 6.08 Å². The Balaban J connectivity index is 1.99. The first-order valence-corrected chi connectivity index (χ1v) is 6.24. The zero-order chi connectivity index (χ0) is 12.8. The monoisotopic (exact) mass is 302 g/mol. The lowest BCUT2D eigenvalue weighted by molar-refractivity contribution is -0.128. The van der Waals surface area contributed by atoms with Gasteiger partial charge in [0.05, 0.1) is 0 Å². The number of hydrogen-bond donors (Lipinski definition) is 0. The number of carbonyl (C=O) groups is 1. The van der Waals surface area contributed by atoms with Crippen molar-refractivity contribution < 1.29 is 9.53 Å². The minimum atomic E-state index is -0.392. The Kier molecular flexibility index (Phi) is 4.31. The summed E-state index contributed by atoms with van der Waals surface area (Å²) < 4.78 is 6.04. The van der Waals surface area contributed by atoms with Gasteiger partial charge in [0.1, 0.15) is 5.75 Å². The van der Waals surface area contributed by atoms with Crippen molar-refractivity contribution in [3.63, 3.8) is 0 Å². The van der Waals surface area contributed by atoms with Crippen LogP contribution in [0.15, 0.2) is 65.1 Å². The van der Waals surface area contributed by atoms with Crippen molar-refractivity contribution >= 4 is 28.0 Å². The molecule has 0 aliphatic rings. The number of benzene rings is 2. The zero-order valence-electron chi connectivity index (χ0n) is 9.55. The van der Waals surface area contributed by atoms with E-state index in [-0.39, 0.29) is 0 Å². The van der Waals surface area contributed by atoms with Crippen LogP contribution in [0.1, 0.15) is 5.56 Å². The molecule has 0 bridgehead atoms. The highest BCUT2D eigenvalue weighted by Crippen LogP contribution is 2.17. The lowest BCUT2D eigenvalue weighted by Gasteiger charge is -2.01. The first kappa shape index (κ1) is 12.6. The third kappa shape index (κ3) is 3.86. The largest absolute Gasteiger partial charge is 0.423 e. The molecule has 0 radical (unpaired) electrons. The van der Waals surface area contributed by atoms with Crippen LogP contribution < -0.4 is 4.74 Å². The van der Waals surface area contributed by atoms with E-state index in [0.717, 1.165) is 10.0 Å². The van der Waals surface area contributed by atoms with Crippen molar-refractivity contribution in [2.45, 2.75) is 0 Å². The maximum Gasteiger partial charge on any atom is 0.336 e. The van der Waals surface area contributed by atoms with Crippen molar-refractivity contribution in [3.05, 3.63) is 70.7 Å². The minimum Gasteiger partial charge on any atom is -0.423 e. The average molecular weight is 303 g/mol. The Labute approximate surface area is 114 Å². The molecule has 18 heavy (non-hydrogen) atoms. The third-order valence-corrected chi connectivity index (χ3v) is 2.72. The summed E-state index contributed by atoms with van der Waals surface area (Å²) in [5, 5.41) is 0. The first-order chi connectivity index (χ1) is 8.74. The van der Waals surface area contributed by atoms with Crippen molar-refractivity contribution in [1.82, 2.24) is 0 Å². The first-order valence-electron chi connectivity index (χ1n) is 5.44. The van der Waals surface area contributed by atoms with E-state index in [1.54, 1.807) is 18.2 Å². The zero-order valence-corrected chi connectivity index (χ0v) is 11.1. The van der Waals surface area contributed by atoms with Gasteiger partial charge in [0.2, 0.25) is 0 Å². The predicted octanol–water partition coefficient (Wildman–Crippen LogP) is 4.07. The van der Waals surface area contributed by atoms with Gasteiger partial charge in [-0.1, -0.05) is 52.3 Å². The van der Waals surface area contributed by atoms with E-state index in [1.165, 1.54) is 6.08 Å². The van der Waals surface area contributed by atoms with Gasteiger partial charge in [-0.15, -0.1) is 0 Å². The molecule has 0 spiro atoms. The van der Waals surface area contributed by atoms with Crippen LogP contribution in [-0.4, -0.2) is 5.97 Å². The molecular weight excluding hydrogens is 292 g/mol. The smallest absolute Gasteiger partial charge is 0.336 e. The second kappa shape index (κ2) is 6.17. The SMILES string of the molecule is O=C(/C=C/c1ccccc1)Oc1cccc(Br)c1. The minimum absolute atomic E-state index is 0.392. The second-order valence-corrected chi connectivity index (χ2v) is 4.54. The standard InChI is InChI=1S/C15H11BrO2/c16-13-7-4-8-14(11-13)18-15(17)10-9-12-5-2-1-3-6-12/h1-11H/b10-9+. The maximum absolute atomic E-state index is 11.6. The van der Waals surface area contributed by atoms with Gasteiger partial charge < -0.3 is 4.74 Å². The summed E-state index contributed by atoms with van der Waals surface area (Å²) in [7, 11) is 0. The van der Waals surface area contributed by atoms with Gasteiger partial charge in [-0.2, -0.15) is 0 Å². The number of halogens is 1. The molecule has 0 aliphatic carbocycles. The number of hydrogen-bond acceptors (Lipinski definition) is 2. The Hall–Kier alpha value is -1.87. The summed E-state index contributed by atoms with van der Waals surface area (Å²) in [5.41, 5.74) is 0.962. The van der Waals surface area contributed by atoms with Gasteiger partial charge in [-0.3, -0.25) is 0 Å². The molecule has 0 atom stereocenters. The summed E-state index contributed by atoms with van der Waals surface area (Å²) >= 11 is 3.32. The molecule has 3 heteroatoms. The molecule has 2 aromatic carbocycles. The average Bonchev–Trinajstić information content (AvgIpc) is 2.38. The highest BCUT2D eigenvalue weighted by molar-refractivity contribution is 9.10. The van der Waals surface area contributed by atoms with E-state index in [2.05, 4.69) is 15.9 Å². The highest BCUT2D eigenvalue weighted by Gasteiger charge is 2.00. The van der Waals surface area contributed by atoms with Gasteiger partial charge >= 0.3 is 5.97 Å². The third-order valence-electron chi connectivity index (χ3n) is 2.23. The molecule has 0 N–H and O–H groups in total. The maximum atomic E-state index is 11.6. The van der Waals surface area contributed by atoms with Crippen molar-refractivity contribution in [2.24, 2.45) is 0 Å². The molecule has 0 amide bonds.